The van der Waals surface area contributed by atoms with Gasteiger partial charge in [-0.2, -0.15) is 0 Å². The summed E-state index contributed by atoms with van der Waals surface area (Å²) in [5, 5.41) is 11.4. The number of hydrogen-bond donors (Lipinski definition) is 3. The van der Waals surface area contributed by atoms with Crippen molar-refractivity contribution in [2.75, 3.05) is 13.2 Å². The van der Waals surface area contributed by atoms with E-state index in [2.05, 4.69) is 5.32 Å². The molecule has 1 unspecified atom stereocenters. The Bertz CT molecular complexity index is 179. The van der Waals surface area contributed by atoms with Gasteiger partial charge in [-0.3, -0.25) is 4.79 Å². The number of hydrogen-bond acceptors (Lipinski definition) is 3. The third-order valence-electron chi connectivity index (χ3n) is 2.86. The van der Waals surface area contributed by atoms with Gasteiger partial charge >= 0.3 is 0 Å². The molecule has 1 fully saturated rings. The van der Waals surface area contributed by atoms with Crippen LogP contribution in [-0.2, 0) is 4.79 Å². The maximum Gasteiger partial charge on any atom is 0.239 e. The highest BCUT2D eigenvalue weighted by molar-refractivity contribution is 5.81. The molecule has 0 aliphatic heterocycles. The van der Waals surface area contributed by atoms with Crippen LogP contribution in [0.5, 0.6) is 0 Å². The Kier molecular flexibility index (Phi) is 4.90. The van der Waals surface area contributed by atoms with Gasteiger partial charge in [0.25, 0.3) is 0 Å². The van der Waals surface area contributed by atoms with E-state index >= 15 is 0 Å². The summed E-state index contributed by atoms with van der Waals surface area (Å²) in [6.07, 6.45) is 6.29. The molecule has 0 aromatic heterocycles. The Labute approximate surface area is 84.9 Å². The summed E-state index contributed by atoms with van der Waals surface area (Å²) in [6, 6.07) is -0.765. The van der Waals surface area contributed by atoms with Crippen molar-refractivity contribution in [1.29, 1.82) is 0 Å². The Hall–Kier alpha value is -0.610. The first-order valence-electron chi connectivity index (χ1n) is 5.38. The van der Waals surface area contributed by atoms with E-state index in [0.717, 1.165) is 12.3 Å². The summed E-state index contributed by atoms with van der Waals surface area (Å²) in [4.78, 5) is 11.2. The van der Waals surface area contributed by atoms with Crippen molar-refractivity contribution in [2.45, 2.75) is 38.1 Å². The van der Waals surface area contributed by atoms with Gasteiger partial charge in [-0.15, -0.1) is 0 Å². The molecule has 1 saturated carbocycles. The van der Waals surface area contributed by atoms with E-state index in [9.17, 15) is 4.79 Å². The van der Waals surface area contributed by atoms with Crippen molar-refractivity contribution in [1.82, 2.24) is 5.32 Å². The van der Waals surface area contributed by atoms with Crippen LogP contribution in [0.2, 0.25) is 0 Å². The maximum absolute atomic E-state index is 11.2. The monoisotopic (exact) mass is 200 g/mol. The lowest BCUT2D eigenvalue weighted by Crippen LogP contribution is -2.43. The van der Waals surface area contributed by atoms with Crippen molar-refractivity contribution in [3.8, 4) is 0 Å². The van der Waals surface area contributed by atoms with Gasteiger partial charge < -0.3 is 16.2 Å². The lowest BCUT2D eigenvalue weighted by atomic mass is 10.0. The molecule has 82 valence electrons. The van der Waals surface area contributed by atoms with E-state index in [-0.39, 0.29) is 12.5 Å². The highest BCUT2D eigenvalue weighted by atomic mass is 16.3. The second kappa shape index (κ2) is 5.98. The number of carbonyl (C=O) groups excluding carboxylic acids is 1. The third-order valence-corrected chi connectivity index (χ3v) is 2.86. The smallest absolute Gasteiger partial charge is 0.239 e. The van der Waals surface area contributed by atoms with Crippen molar-refractivity contribution < 1.29 is 9.90 Å². The molecule has 4 heteroatoms. The van der Waals surface area contributed by atoms with Crippen molar-refractivity contribution in [3.63, 3.8) is 0 Å². The molecule has 1 aliphatic rings. The Morgan fingerprint density at radius 2 is 2.14 bits per heavy atom. The zero-order chi connectivity index (χ0) is 10.4. The van der Waals surface area contributed by atoms with Crippen molar-refractivity contribution >= 4 is 5.91 Å². The summed E-state index contributed by atoms with van der Waals surface area (Å²) >= 11 is 0. The molecule has 1 atom stereocenters. The van der Waals surface area contributed by atoms with Gasteiger partial charge in [0.05, 0.1) is 6.61 Å². The Balaban J connectivity index is 2.05. The van der Waals surface area contributed by atoms with Crippen LogP contribution < -0.4 is 11.1 Å². The number of rotatable bonds is 5. The van der Waals surface area contributed by atoms with Crippen LogP contribution in [-0.4, -0.2) is 30.2 Å². The molecule has 0 aromatic carbocycles. The van der Waals surface area contributed by atoms with Gasteiger partial charge in [-0.1, -0.05) is 25.7 Å². The molecular formula is C10H20N2O2. The van der Waals surface area contributed by atoms with Crippen LogP contribution in [0.25, 0.3) is 0 Å². The second-order valence-corrected chi connectivity index (χ2v) is 4.02. The minimum Gasteiger partial charge on any atom is -0.394 e. The molecule has 0 spiro atoms. The van der Waals surface area contributed by atoms with Crippen LogP contribution >= 0.6 is 0 Å². The van der Waals surface area contributed by atoms with Crippen molar-refractivity contribution in [3.05, 3.63) is 0 Å². The van der Waals surface area contributed by atoms with Crippen LogP contribution in [0.3, 0.4) is 0 Å². The average molecular weight is 200 g/mol. The van der Waals surface area contributed by atoms with E-state index < -0.39 is 6.04 Å². The number of nitrogens with one attached hydrogen (secondary N) is 1. The predicted octanol–water partition coefficient (Wildman–Crippen LogP) is 0.00250. The molecule has 0 aromatic rings. The zero-order valence-corrected chi connectivity index (χ0v) is 8.54. The molecule has 4 nitrogen and oxygen atoms in total. The molecule has 0 saturated heterocycles. The van der Waals surface area contributed by atoms with Gasteiger partial charge in [-0.25, -0.2) is 0 Å². The lowest BCUT2D eigenvalue weighted by Gasteiger charge is -2.12. The molecule has 0 bridgehead atoms. The summed E-state index contributed by atoms with van der Waals surface area (Å²) in [6.45, 7) is 0.409. The molecule has 0 radical (unpaired) electrons. The molecule has 1 rings (SSSR count). The van der Waals surface area contributed by atoms with E-state index in [1.54, 1.807) is 0 Å². The number of aliphatic hydroxyl groups excluding tert-OH is 1. The minimum absolute atomic E-state index is 0.245. The summed E-state index contributed by atoms with van der Waals surface area (Å²) < 4.78 is 0. The molecule has 14 heavy (non-hydrogen) atoms. The largest absolute Gasteiger partial charge is 0.394 e. The first-order valence-corrected chi connectivity index (χ1v) is 5.38. The zero-order valence-electron chi connectivity index (χ0n) is 8.54. The normalized spacial score (nSPS) is 19.6. The SMILES string of the molecule is NC(CO)C(=O)NCCC1CCCC1. The summed E-state index contributed by atoms with van der Waals surface area (Å²) in [5.74, 6) is 0.533. The van der Waals surface area contributed by atoms with Crippen LogP contribution in [0.15, 0.2) is 0 Å². The molecule has 0 heterocycles. The van der Waals surface area contributed by atoms with Crippen LogP contribution in [0.4, 0.5) is 0 Å². The molecule has 1 aliphatic carbocycles. The van der Waals surface area contributed by atoms with E-state index in [1.165, 1.54) is 25.7 Å². The number of amides is 1. The molecule has 1 amide bonds. The molecular weight excluding hydrogens is 180 g/mol. The first-order chi connectivity index (χ1) is 6.74. The lowest BCUT2D eigenvalue weighted by molar-refractivity contribution is -0.123. The number of nitrogens with two attached hydrogens (primary N) is 1. The first kappa shape index (κ1) is 11.5. The van der Waals surface area contributed by atoms with Crippen LogP contribution in [0.1, 0.15) is 32.1 Å². The fourth-order valence-corrected chi connectivity index (χ4v) is 1.91. The van der Waals surface area contributed by atoms with Crippen LogP contribution in [0, 0.1) is 5.92 Å². The summed E-state index contributed by atoms with van der Waals surface area (Å²) in [7, 11) is 0. The van der Waals surface area contributed by atoms with Gasteiger partial charge in [0, 0.05) is 6.54 Å². The topological polar surface area (TPSA) is 75.3 Å². The minimum atomic E-state index is -0.765. The fourth-order valence-electron chi connectivity index (χ4n) is 1.91. The maximum atomic E-state index is 11.2. The van der Waals surface area contributed by atoms with E-state index in [4.69, 9.17) is 10.8 Å². The number of carbonyl (C=O) groups is 1. The number of aliphatic hydroxyl groups is 1. The van der Waals surface area contributed by atoms with Gasteiger partial charge in [0.2, 0.25) is 5.91 Å². The Morgan fingerprint density at radius 3 is 2.71 bits per heavy atom. The summed E-state index contributed by atoms with van der Waals surface area (Å²) in [5.41, 5.74) is 5.35. The third kappa shape index (κ3) is 3.64. The van der Waals surface area contributed by atoms with Gasteiger partial charge in [0.15, 0.2) is 0 Å². The highest BCUT2D eigenvalue weighted by Gasteiger charge is 2.16. The second-order valence-electron chi connectivity index (χ2n) is 4.02. The average Bonchev–Trinajstić information content (AvgIpc) is 2.69. The van der Waals surface area contributed by atoms with Gasteiger partial charge in [0.1, 0.15) is 6.04 Å². The van der Waals surface area contributed by atoms with E-state index in [1.807, 2.05) is 0 Å². The fraction of sp³-hybridized carbons (Fsp3) is 0.900. The predicted molar refractivity (Wildman–Crippen MR) is 54.6 cm³/mol. The highest BCUT2D eigenvalue weighted by Crippen LogP contribution is 2.26. The van der Waals surface area contributed by atoms with Crippen molar-refractivity contribution in [2.24, 2.45) is 11.7 Å². The van der Waals surface area contributed by atoms with Gasteiger partial charge in [-0.05, 0) is 12.3 Å². The quantitative estimate of drug-likeness (QED) is 0.585. The molecule has 4 N–H and O–H groups in total. The standard InChI is InChI=1S/C10H20N2O2/c11-9(7-13)10(14)12-6-5-8-3-1-2-4-8/h8-9,13H,1-7,11H2,(H,12,14). The Morgan fingerprint density at radius 1 is 1.50 bits per heavy atom. The van der Waals surface area contributed by atoms with E-state index in [0.29, 0.717) is 6.54 Å².